The molecule has 1 aliphatic rings. The summed E-state index contributed by atoms with van der Waals surface area (Å²) in [6.45, 7) is -0.00979. The van der Waals surface area contributed by atoms with E-state index in [9.17, 15) is 8.42 Å². The van der Waals surface area contributed by atoms with Gasteiger partial charge in [0.1, 0.15) is 0 Å². The van der Waals surface area contributed by atoms with Crippen molar-refractivity contribution in [2.24, 2.45) is 0 Å². The van der Waals surface area contributed by atoms with E-state index in [1.165, 1.54) is 7.05 Å². The number of aliphatic hydroxyl groups excluding tert-OH is 1. The van der Waals surface area contributed by atoms with Gasteiger partial charge in [0.2, 0.25) is 0 Å². The molecule has 6 heteroatoms. The van der Waals surface area contributed by atoms with Crippen LogP contribution in [0, 0.1) is 0 Å². The van der Waals surface area contributed by atoms with Crippen LogP contribution >= 0.6 is 0 Å². The second kappa shape index (κ2) is 3.69. The minimum Gasteiger partial charge on any atom is -0.395 e. The molecule has 0 atom stereocenters. The number of nitrogens with zero attached hydrogens (tertiary/aromatic N) is 1. The molecule has 0 spiro atoms. The van der Waals surface area contributed by atoms with Gasteiger partial charge >= 0.3 is 0 Å². The highest BCUT2D eigenvalue weighted by Gasteiger charge is 2.28. The highest BCUT2D eigenvalue weighted by molar-refractivity contribution is 7.87. The Morgan fingerprint density at radius 2 is 2.17 bits per heavy atom. The fourth-order valence-corrected chi connectivity index (χ4v) is 1.92. The molecule has 0 aliphatic heterocycles. The fraction of sp³-hybridized carbons (Fsp3) is 1.00. The average Bonchev–Trinajstić information content (AvgIpc) is 2.71. The van der Waals surface area contributed by atoms with Crippen molar-refractivity contribution in [3.8, 4) is 0 Å². The maximum Gasteiger partial charge on any atom is 0.279 e. The molecular weight excluding hydrogens is 180 g/mol. The third-order valence-corrected chi connectivity index (χ3v) is 3.35. The molecule has 0 bridgehead atoms. The van der Waals surface area contributed by atoms with E-state index in [0.717, 1.165) is 17.1 Å². The van der Waals surface area contributed by atoms with Crippen molar-refractivity contribution in [2.45, 2.75) is 18.9 Å². The van der Waals surface area contributed by atoms with Crippen molar-refractivity contribution in [1.29, 1.82) is 0 Å². The summed E-state index contributed by atoms with van der Waals surface area (Å²) in [5, 5.41) is 8.52. The van der Waals surface area contributed by atoms with Crippen LogP contribution < -0.4 is 4.72 Å². The molecule has 0 heterocycles. The van der Waals surface area contributed by atoms with Gasteiger partial charge in [0.25, 0.3) is 10.2 Å². The van der Waals surface area contributed by atoms with Crippen molar-refractivity contribution in [3.05, 3.63) is 0 Å². The minimum atomic E-state index is -3.34. The first kappa shape index (κ1) is 9.91. The Hall–Kier alpha value is -0.170. The molecule has 0 radical (unpaired) electrons. The Morgan fingerprint density at radius 1 is 1.58 bits per heavy atom. The third kappa shape index (κ3) is 2.71. The summed E-state index contributed by atoms with van der Waals surface area (Å²) < 4.78 is 26.2. The van der Waals surface area contributed by atoms with Gasteiger partial charge < -0.3 is 5.11 Å². The maximum absolute atomic E-state index is 11.3. The highest BCUT2D eigenvalue weighted by atomic mass is 32.2. The molecule has 2 N–H and O–H groups in total. The van der Waals surface area contributed by atoms with Crippen LogP contribution in [0.1, 0.15) is 12.8 Å². The lowest BCUT2D eigenvalue weighted by Gasteiger charge is -2.15. The van der Waals surface area contributed by atoms with Crippen LogP contribution in [0.4, 0.5) is 0 Å². The number of likely N-dealkylation sites (N-methyl/N-ethyl adjacent to an activating group) is 1. The summed E-state index contributed by atoms with van der Waals surface area (Å²) >= 11 is 0. The summed E-state index contributed by atoms with van der Waals surface area (Å²) in [7, 11) is -1.89. The molecule has 1 aliphatic carbocycles. The summed E-state index contributed by atoms with van der Waals surface area (Å²) in [5.41, 5.74) is 0. The molecule has 0 aromatic heterocycles. The first-order valence-corrected chi connectivity index (χ1v) is 5.34. The van der Waals surface area contributed by atoms with Crippen LogP contribution in [0.25, 0.3) is 0 Å². The topological polar surface area (TPSA) is 69.6 Å². The Labute approximate surface area is 72.6 Å². The van der Waals surface area contributed by atoms with E-state index in [-0.39, 0.29) is 19.2 Å². The van der Waals surface area contributed by atoms with E-state index < -0.39 is 10.2 Å². The van der Waals surface area contributed by atoms with Gasteiger partial charge in [-0.15, -0.1) is 0 Å². The molecule has 1 rings (SSSR count). The highest BCUT2D eigenvalue weighted by Crippen LogP contribution is 2.20. The zero-order valence-corrected chi connectivity index (χ0v) is 7.84. The summed E-state index contributed by atoms with van der Waals surface area (Å²) in [6, 6.07) is 0.121. The maximum atomic E-state index is 11.3. The van der Waals surface area contributed by atoms with E-state index in [1.54, 1.807) is 0 Å². The largest absolute Gasteiger partial charge is 0.395 e. The first-order chi connectivity index (χ1) is 5.56. The lowest BCUT2D eigenvalue weighted by Crippen LogP contribution is -2.40. The lowest BCUT2D eigenvalue weighted by atomic mass is 10.7. The normalized spacial score (nSPS) is 18.6. The fourth-order valence-electron chi connectivity index (χ4n) is 0.763. The van der Waals surface area contributed by atoms with Crippen LogP contribution in [0.3, 0.4) is 0 Å². The van der Waals surface area contributed by atoms with E-state index in [2.05, 4.69) is 4.72 Å². The molecule has 5 nitrogen and oxygen atoms in total. The molecule has 12 heavy (non-hydrogen) atoms. The summed E-state index contributed by atoms with van der Waals surface area (Å²) in [5.74, 6) is 0. The van der Waals surface area contributed by atoms with E-state index >= 15 is 0 Å². The quantitative estimate of drug-likeness (QED) is 0.584. The van der Waals surface area contributed by atoms with Crippen molar-refractivity contribution in [3.63, 3.8) is 0 Å². The smallest absolute Gasteiger partial charge is 0.279 e. The van der Waals surface area contributed by atoms with Gasteiger partial charge in [-0.2, -0.15) is 17.4 Å². The predicted molar refractivity (Wildman–Crippen MR) is 44.8 cm³/mol. The van der Waals surface area contributed by atoms with Crippen molar-refractivity contribution in [1.82, 2.24) is 9.03 Å². The van der Waals surface area contributed by atoms with Gasteiger partial charge in [0.05, 0.1) is 6.61 Å². The van der Waals surface area contributed by atoms with E-state index in [4.69, 9.17) is 5.11 Å². The van der Waals surface area contributed by atoms with Gasteiger partial charge in [-0.1, -0.05) is 0 Å². The second-order valence-electron chi connectivity index (χ2n) is 2.94. The zero-order chi connectivity index (χ0) is 9.19. The zero-order valence-electron chi connectivity index (χ0n) is 7.02. The number of hydrogen-bond acceptors (Lipinski definition) is 3. The minimum absolute atomic E-state index is 0.121. The molecule has 0 aromatic carbocycles. The number of rotatable bonds is 5. The Kier molecular flexibility index (Phi) is 3.05. The molecule has 1 saturated carbocycles. The van der Waals surface area contributed by atoms with E-state index in [0.29, 0.717) is 0 Å². The van der Waals surface area contributed by atoms with Crippen LogP contribution in [0.5, 0.6) is 0 Å². The molecule has 0 aromatic rings. The molecule has 0 amide bonds. The third-order valence-electron chi connectivity index (χ3n) is 1.72. The predicted octanol–water partition coefficient (Wildman–Crippen LogP) is -1.09. The standard InChI is InChI=1S/C6H14N2O3S/c1-8(4-5-9)12(10,11)7-6-2-3-6/h6-7,9H,2-5H2,1H3. The van der Waals surface area contributed by atoms with Crippen molar-refractivity contribution >= 4 is 10.2 Å². The second-order valence-corrected chi connectivity index (χ2v) is 4.75. The Balaban J connectivity index is 2.44. The number of hydrogen-bond donors (Lipinski definition) is 2. The molecule has 0 unspecified atom stereocenters. The number of aliphatic hydroxyl groups is 1. The molecule has 0 saturated heterocycles. The van der Waals surface area contributed by atoms with Gasteiger partial charge in [0.15, 0.2) is 0 Å². The van der Waals surface area contributed by atoms with E-state index in [1.807, 2.05) is 0 Å². The average molecular weight is 194 g/mol. The summed E-state index contributed by atoms with van der Waals surface area (Å²) in [4.78, 5) is 0. The molecular formula is C6H14N2O3S. The Bertz CT molecular complexity index is 235. The van der Waals surface area contributed by atoms with Crippen LogP contribution in [-0.4, -0.2) is 44.1 Å². The van der Waals surface area contributed by atoms with Gasteiger partial charge in [-0.3, -0.25) is 0 Å². The van der Waals surface area contributed by atoms with Crippen molar-refractivity contribution < 1.29 is 13.5 Å². The number of nitrogens with one attached hydrogen (secondary N) is 1. The van der Waals surface area contributed by atoms with Gasteiger partial charge in [-0.25, -0.2) is 0 Å². The van der Waals surface area contributed by atoms with Gasteiger partial charge in [0, 0.05) is 19.6 Å². The van der Waals surface area contributed by atoms with Gasteiger partial charge in [-0.05, 0) is 12.8 Å². The van der Waals surface area contributed by atoms with Crippen LogP contribution in [0.2, 0.25) is 0 Å². The summed E-state index contributed by atoms with van der Waals surface area (Å²) in [6.07, 6.45) is 1.85. The first-order valence-electron chi connectivity index (χ1n) is 3.90. The monoisotopic (exact) mass is 194 g/mol. The van der Waals surface area contributed by atoms with Crippen LogP contribution in [-0.2, 0) is 10.2 Å². The lowest BCUT2D eigenvalue weighted by molar-refractivity contribution is 0.265. The molecule has 72 valence electrons. The molecule has 1 fully saturated rings. The SMILES string of the molecule is CN(CCO)S(=O)(=O)NC1CC1. The Morgan fingerprint density at radius 3 is 2.58 bits per heavy atom. The van der Waals surface area contributed by atoms with Crippen LogP contribution in [0.15, 0.2) is 0 Å². The van der Waals surface area contributed by atoms with Crippen molar-refractivity contribution in [2.75, 3.05) is 20.2 Å².